The van der Waals surface area contributed by atoms with E-state index >= 15 is 0 Å². The van der Waals surface area contributed by atoms with Gasteiger partial charge in [0.2, 0.25) is 0 Å². The Balaban J connectivity index is 1.97. The van der Waals surface area contributed by atoms with Gasteiger partial charge >= 0.3 is 0 Å². The van der Waals surface area contributed by atoms with E-state index in [4.69, 9.17) is 16.9 Å². The van der Waals surface area contributed by atoms with E-state index in [9.17, 15) is 9.90 Å². The van der Waals surface area contributed by atoms with Gasteiger partial charge in [-0.25, -0.2) is 0 Å². The molecule has 0 aliphatic carbocycles. The molecule has 2 N–H and O–H groups in total. The maximum Gasteiger partial charge on any atom is 0.262 e. The van der Waals surface area contributed by atoms with E-state index in [2.05, 4.69) is 5.32 Å². The molecule has 1 amide bonds. The molecule has 6 heteroatoms. The van der Waals surface area contributed by atoms with Gasteiger partial charge in [-0.2, -0.15) is 5.26 Å². The van der Waals surface area contributed by atoms with Gasteiger partial charge in [-0.3, -0.25) is 4.79 Å². The summed E-state index contributed by atoms with van der Waals surface area (Å²) in [5.41, 5.74) is 1.01. The molecule has 0 aliphatic rings. The molecule has 2 rings (SSSR count). The molecule has 0 fully saturated rings. The molecule has 0 aliphatic heterocycles. The third kappa shape index (κ3) is 3.36. The molecule has 0 bridgehead atoms. The first kappa shape index (κ1) is 14.5. The maximum absolute atomic E-state index is 11.9. The summed E-state index contributed by atoms with van der Waals surface area (Å²) in [6.45, 7) is 0.0727. The second-order valence-electron chi connectivity index (χ2n) is 4.05. The molecular weight excluding hydrogens is 296 g/mol. The summed E-state index contributed by atoms with van der Waals surface area (Å²) in [7, 11) is 0. The van der Waals surface area contributed by atoms with Gasteiger partial charge in [-0.1, -0.05) is 23.7 Å². The normalized spacial score (nSPS) is 11.7. The van der Waals surface area contributed by atoms with Crippen molar-refractivity contribution in [1.29, 1.82) is 5.26 Å². The van der Waals surface area contributed by atoms with Gasteiger partial charge in [0, 0.05) is 11.6 Å². The third-order valence-corrected chi connectivity index (χ3v) is 3.87. The Morgan fingerprint density at radius 1 is 1.40 bits per heavy atom. The Labute approximate surface area is 125 Å². The minimum absolute atomic E-state index is 0.0727. The van der Waals surface area contributed by atoms with Crippen LogP contribution in [0, 0.1) is 11.3 Å². The summed E-state index contributed by atoms with van der Waals surface area (Å²) in [6.07, 6.45) is -0.818. The van der Waals surface area contributed by atoms with Crippen LogP contribution in [0.5, 0.6) is 0 Å². The fourth-order valence-electron chi connectivity index (χ4n) is 1.65. The molecule has 2 aromatic rings. The van der Waals surface area contributed by atoms with Crippen molar-refractivity contribution >= 4 is 28.8 Å². The number of nitrogens with zero attached hydrogens (tertiary/aromatic N) is 1. The zero-order chi connectivity index (χ0) is 14.5. The summed E-state index contributed by atoms with van der Waals surface area (Å²) in [6, 6.07) is 10.3. The van der Waals surface area contributed by atoms with Crippen molar-refractivity contribution < 1.29 is 9.90 Å². The Bertz CT molecular complexity index is 646. The van der Waals surface area contributed by atoms with Gasteiger partial charge in [0.15, 0.2) is 0 Å². The number of aliphatic hydroxyl groups is 1. The van der Waals surface area contributed by atoms with Gasteiger partial charge in [0.25, 0.3) is 5.91 Å². The number of carbonyl (C=O) groups is 1. The highest BCUT2D eigenvalue weighted by Gasteiger charge is 2.15. The quantitative estimate of drug-likeness (QED) is 0.912. The van der Waals surface area contributed by atoms with E-state index < -0.39 is 6.10 Å². The van der Waals surface area contributed by atoms with E-state index in [1.165, 1.54) is 11.3 Å². The second kappa shape index (κ2) is 6.53. The highest BCUT2D eigenvalue weighted by atomic mass is 35.5. The number of hydrogen-bond acceptors (Lipinski definition) is 4. The zero-order valence-electron chi connectivity index (χ0n) is 10.3. The average Bonchev–Trinajstić information content (AvgIpc) is 2.93. The molecule has 20 heavy (non-hydrogen) atoms. The van der Waals surface area contributed by atoms with E-state index in [-0.39, 0.29) is 12.5 Å². The molecule has 1 aromatic carbocycles. The summed E-state index contributed by atoms with van der Waals surface area (Å²) < 4.78 is 0. The maximum atomic E-state index is 11.9. The first-order valence-electron chi connectivity index (χ1n) is 5.81. The molecule has 1 aromatic heterocycles. The highest BCUT2D eigenvalue weighted by molar-refractivity contribution is 7.12. The number of aliphatic hydroxyl groups excluding tert-OH is 1. The number of thiophene rings is 1. The van der Waals surface area contributed by atoms with Crippen LogP contribution < -0.4 is 5.32 Å². The number of nitriles is 1. The average molecular weight is 307 g/mol. The van der Waals surface area contributed by atoms with E-state index in [0.29, 0.717) is 21.0 Å². The van der Waals surface area contributed by atoms with Crippen LogP contribution in [0.1, 0.15) is 26.9 Å². The van der Waals surface area contributed by atoms with Gasteiger partial charge in [-0.05, 0) is 29.1 Å². The predicted octanol–water partition coefficient (Wildman–Crippen LogP) is 2.74. The van der Waals surface area contributed by atoms with Gasteiger partial charge < -0.3 is 10.4 Å². The summed E-state index contributed by atoms with van der Waals surface area (Å²) in [4.78, 5) is 12.2. The van der Waals surface area contributed by atoms with Crippen LogP contribution in [-0.4, -0.2) is 17.6 Å². The zero-order valence-corrected chi connectivity index (χ0v) is 11.9. The van der Waals surface area contributed by atoms with Crippen LogP contribution in [0.4, 0.5) is 0 Å². The number of amides is 1. The van der Waals surface area contributed by atoms with Crippen LogP contribution in [0.2, 0.25) is 5.02 Å². The lowest BCUT2D eigenvalue weighted by Crippen LogP contribution is -2.28. The summed E-state index contributed by atoms with van der Waals surface area (Å²) >= 11 is 6.96. The number of halogens is 1. The van der Waals surface area contributed by atoms with Crippen molar-refractivity contribution in [3.8, 4) is 6.07 Å². The monoisotopic (exact) mass is 306 g/mol. The Hall–Kier alpha value is -1.87. The minimum atomic E-state index is -0.818. The van der Waals surface area contributed by atoms with Crippen molar-refractivity contribution in [2.75, 3.05) is 6.54 Å². The number of rotatable bonds is 4. The third-order valence-electron chi connectivity index (χ3n) is 2.70. The fraction of sp³-hybridized carbons (Fsp3) is 0.143. The smallest absolute Gasteiger partial charge is 0.262 e. The molecule has 0 radical (unpaired) electrons. The molecule has 1 unspecified atom stereocenters. The molecule has 0 saturated heterocycles. The Morgan fingerprint density at radius 3 is 2.75 bits per heavy atom. The number of hydrogen-bond donors (Lipinski definition) is 2. The standard InChI is InChI=1S/C14H11ClN2O2S/c15-11-3-1-9(2-4-11)12(18)8-17-14(19)13-10(7-16)5-6-20-13/h1-6,12,18H,8H2,(H,17,19). The van der Waals surface area contributed by atoms with Gasteiger partial charge in [-0.15, -0.1) is 11.3 Å². The van der Waals surface area contributed by atoms with Crippen LogP contribution in [0.25, 0.3) is 0 Å². The summed E-state index contributed by atoms with van der Waals surface area (Å²) in [5.74, 6) is -0.357. The number of nitrogens with one attached hydrogen (secondary N) is 1. The van der Waals surface area contributed by atoms with Crippen LogP contribution in [-0.2, 0) is 0 Å². The minimum Gasteiger partial charge on any atom is -0.387 e. The molecular formula is C14H11ClN2O2S. The first-order chi connectivity index (χ1) is 9.61. The molecule has 102 valence electrons. The van der Waals surface area contributed by atoms with E-state index in [0.717, 1.165) is 0 Å². The Morgan fingerprint density at radius 2 is 2.10 bits per heavy atom. The first-order valence-corrected chi connectivity index (χ1v) is 7.07. The fourth-order valence-corrected chi connectivity index (χ4v) is 2.53. The van der Waals surface area contributed by atoms with Crippen molar-refractivity contribution in [1.82, 2.24) is 5.32 Å². The van der Waals surface area contributed by atoms with Crippen molar-refractivity contribution in [2.45, 2.75) is 6.10 Å². The molecule has 4 nitrogen and oxygen atoms in total. The lowest BCUT2D eigenvalue weighted by Gasteiger charge is -2.12. The van der Waals surface area contributed by atoms with Crippen molar-refractivity contribution in [3.63, 3.8) is 0 Å². The van der Waals surface area contributed by atoms with Crippen molar-refractivity contribution in [2.24, 2.45) is 0 Å². The molecule has 0 saturated carbocycles. The topological polar surface area (TPSA) is 73.1 Å². The second-order valence-corrected chi connectivity index (χ2v) is 5.41. The van der Waals surface area contributed by atoms with Gasteiger partial charge in [0.1, 0.15) is 10.9 Å². The highest BCUT2D eigenvalue weighted by Crippen LogP contribution is 2.18. The van der Waals surface area contributed by atoms with E-state index in [1.807, 2.05) is 6.07 Å². The van der Waals surface area contributed by atoms with Crippen LogP contribution in [0.3, 0.4) is 0 Å². The summed E-state index contributed by atoms with van der Waals surface area (Å²) in [5, 5.41) is 23.7. The SMILES string of the molecule is N#Cc1ccsc1C(=O)NCC(O)c1ccc(Cl)cc1. The molecule has 1 heterocycles. The van der Waals surface area contributed by atoms with E-state index in [1.54, 1.807) is 35.7 Å². The largest absolute Gasteiger partial charge is 0.387 e. The van der Waals surface area contributed by atoms with Crippen molar-refractivity contribution in [3.05, 3.63) is 56.7 Å². The Kier molecular flexibility index (Phi) is 4.74. The van der Waals surface area contributed by atoms with Crippen LogP contribution in [0.15, 0.2) is 35.7 Å². The lowest BCUT2D eigenvalue weighted by molar-refractivity contribution is 0.0920. The number of benzene rings is 1. The molecule has 0 spiro atoms. The van der Waals surface area contributed by atoms with Crippen LogP contribution >= 0.6 is 22.9 Å². The van der Waals surface area contributed by atoms with Gasteiger partial charge in [0.05, 0.1) is 11.7 Å². The lowest BCUT2D eigenvalue weighted by atomic mass is 10.1. The number of carbonyl (C=O) groups excluding carboxylic acids is 1. The molecule has 1 atom stereocenters. The predicted molar refractivity (Wildman–Crippen MR) is 77.8 cm³/mol.